The van der Waals surface area contributed by atoms with Gasteiger partial charge in [0.25, 0.3) is 0 Å². The summed E-state index contributed by atoms with van der Waals surface area (Å²) in [5.74, 6) is -0.0265. The normalized spacial score (nSPS) is 20.7. The molecule has 1 aliphatic heterocycles. The van der Waals surface area contributed by atoms with Crippen molar-refractivity contribution in [2.45, 2.75) is 46.3 Å². The summed E-state index contributed by atoms with van der Waals surface area (Å²) in [5.41, 5.74) is 2.17. The molecular formula is C17H27N3O. The first-order valence-corrected chi connectivity index (χ1v) is 7.80. The average molecular weight is 289 g/mol. The predicted molar refractivity (Wildman–Crippen MR) is 87.3 cm³/mol. The van der Waals surface area contributed by atoms with Crippen molar-refractivity contribution in [3.8, 4) is 0 Å². The molecule has 0 spiro atoms. The summed E-state index contributed by atoms with van der Waals surface area (Å²) < 4.78 is 0. The zero-order valence-corrected chi connectivity index (χ0v) is 13.6. The first-order chi connectivity index (χ1) is 9.95. The molecule has 0 saturated carbocycles. The average Bonchev–Trinajstić information content (AvgIpc) is 2.40. The van der Waals surface area contributed by atoms with E-state index in [9.17, 15) is 4.79 Å². The predicted octanol–water partition coefficient (Wildman–Crippen LogP) is 2.56. The van der Waals surface area contributed by atoms with Crippen LogP contribution in [0, 0.1) is 0 Å². The number of nitrogens with one attached hydrogen (secondary N) is 1. The summed E-state index contributed by atoms with van der Waals surface area (Å²) in [6.45, 7) is 12.7. The topological polar surface area (TPSA) is 35.6 Å². The first-order valence-electron chi connectivity index (χ1n) is 7.80. The van der Waals surface area contributed by atoms with E-state index in [0.29, 0.717) is 12.1 Å². The van der Waals surface area contributed by atoms with Gasteiger partial charge in [0.15, 0.2) is 0 Å². The molecule has 1 atom stereocenters. The van der Waals surface area contributed by atoms with Crippen LogP contribution in [0.5, 0.6) is 0 Å². The highest BCUT2D eigenvalue weighted by Crippen LogP contribution is 2.16. The molecule has 1 amide bonds. The van der Waals surface area contributed by atoms with Crippen LogP contribution in [-0.4, -0.2) is 47.4 Å². The number of anilines is 1. The third kappa shape index (κ3) is 4.55. The number of hydrogen-bond acceptors (Lipinski definition) is 3. The Bertz CT molecular complexity index is 469. The van der Waals surface area contributed by atoms with E-state index in [0.717, 1.165) is 31.9 Å². The van der Waals surface area contributed by atoms with E-state index in [4.69, 9.17) is 0 Å². The maximum absolute atomic E-state index is 11.0. The second-order valence-electron chi connectivity index (χ2n) is 6.29. The molecule has 116 valence electrons. The van der Waals surface area contributed by atoms with Crippen molar-refractivity contribution in [3.05, 3.63) is 29.8 Å². The van der Waals surface area contributed by atoms with Crippen molar-refractivity contribution in [1.29, 1.82) is 0 Å². The van der Waals surface area contributed by atoms with Crippen LogP contribution in [0.2, 0.25) is 0 Å². The van der Waals surface area contributed by atoms with Gasteiger partial charge >= 0.3 is 0 Å². The molecule has 1 heterocycles. The van der Waals surface area contributed by atoms with Crippen molar-refractivity contribution in [3.63, 3.8) is 0 Å². The Kier molecular flexibility index (Phi) is 5.37. The van der Waals surface area contributed by atoms with Gasteiger partial charge in [0.05, 0.1) is 0 Å². The molecule has 4 heteroatoms. The fourth-order valence-electron chi connectivity index (χ4n) is 3.11. The van der Waals surface area contributed by atoms with E-state index in [-0.39, 0.29) is 5.91 Å². The van der Waals surface area contributed by atoms with E-state index < -0.39 is 0 Å². The van der Waals surface area contributed by atoms with E-state index in [1.807, 2.05) is 12.1 Å². The summed E-state index contributed by atoms with van der Waals surface area (Å²) in [6, 6.07) is 9.39. The monoisotopic (exact) mass is 289 g/mol. The van der Waals surface area contributed by atoms with Gasteiger partial charge in [-0.05, 0) is 38.5 Å². The van der Waals surface area contributed by atoms with Crippen molar-refractivity contribution < 1.29 is 4.79 Å². The summed E-state index contributed by atoms with van der Waals surface area (Å²) in [6.07, 6.45) is 0. The molecule has 0 bridgehead atoms. The van der Waals surface area contributed by atoms with Crippen LogP contribution in [0.15, 0.2) is 24.3 Å². The molecule has 0 aromatic heterocycles. The van der Waals surface area contributed by atoms with Crippen molar-refractivity contribution in [2.75, 3.05) is 25.0 Å². The number of nitrogens with zero attached hydrogens (tertiary/aromatic N) is 2. The second-order valence-corrected chi connectivity index (χ2v) is 6.29. The fraction of sp³-hybridized carbons (Fsp3) is 0.588. The number of amides is 1. The van der Waals surface area contributed by atoms with E-state index in [2.05, 4.69) is 48.0 Å². The van der Waals surface area contributed by atoms with Crippen LogP contribution in [0.4, 0.5) is 5.69 Å². The van der Waals surface area contributed by atoms with Crippen LogP contribution in [0.3, 0.4) is 0 Å². The Morgan fingerprint density at radius 2 is 1.95 bits per heavy atom. The van der Waals surface area contributed by atoms with Crippen LogP contribution in [-0.2, 0) is 11.3 Å². The molecule has 0 radical (unpaired) electrons. The van der Waals surface area contributed by atoms with Crippen LogP contribution >= 0.6 is 0 Å². The molecule has 1 fully saturated rings. The molecule has 21 heavy (non-hydrogen) atoms. The van der Waals surface area contributed by atoms with E-state index in [1.165, 1.54) is 12.5 Å². The smallest absolute Gasteiger partial charge is 0.221 e. The number of piperazine rings is 1. The maximum atomic E-state index is 11.0. The summed E-state index contributed by atoms with van der Waals surface area (Å²) in [5, 5.41) is 2.80. The summed E-state index contributed by atoms with van der Waals surface area (Å²) in [7, 11) is 0. The SMILES string of the molecule is CC(=O)Nc1ccc(CN2CCN(C(C)C)[C@H](C)C2)cc1. The lowest BCUT2D eigenvalue weighted by Gasteiger charge is -2.42. The molecule has 1 N–H and O–H groups in total. The molecule has 4 nitrogen and oxygen atoms in total. The van der Waals surface area contributed by atoms with Gasteiger partial charge < -0.3 is 5.32 Å². The molecule has 0 aliphatic carbocycles. The lowest BCUT2D eigenvalue weighted by atomic mass is 10.1. The summed E-state index contributed by atoms with van der Waals surface area (Å²) >= 11 is 0. The maximum Gasteiger partial charge on any atom is 0.221 e. The number of carbonyl (C=O) groups excluding carboxylic acids is 1. The zero-order valence-electron chi connectivity index (χ0n) is 13.6. The van der Waals surface area contributed by atoms with Crippen LogP contribution in [0.1, 0.15) is 33.3 Å². The molecule has 1 aromatic rings. The van der Waals surface area contributed by atoms with Gasteiger partial charge in [-0.15, -0.1) is 0 Å². The fourth-order valence-corrected chi connectivity index (χ4v) is 3.11. The van der Waals surface area contributed by atoms with Crippen LogP contribution in [0.25, 0.3) is 0 Å². The van der Waals surface area contributed by atoms with Gasteiger partial charge in [0.2, 0.25) is 5.91 Å². The van der Waals surface area contributed by atoms with Gasteiger partial charge in [-0.25, -0.2) is 0 Å². The molecule has 1 aliphatic rings. The van der Waals surface area contributed by atoms with Gasteiger partial charge in [0, 0.05) is 50.9 Å². The van der Waals surface area contributed by atoms with Gasteiger partial charge in [-0.1, -0.05) is 12.1 Å². The van der Waals surface area contributed by atoms with Gasteiger partial charge in [0.1, 0.15) is 0 Å². The van der Waals surface area contributed by atoms with Gasteiger partial charge in [-0.3, -0.25) is 14.6 Å². The van der Waals surface area contributed by atoms with E-state index in [1.54, 1.807) is 0 Å². The Labute approximate surface area is 128 Å². The highest BCUT2D eigenvalue weighted by molar-refractivity contribution is 5.88. The Hall–Kier alpha value is -1.39. The largest absolute Gasteiger partial charge is 0.326 e. The quantitative estimate of drug-likeness (QED) is 0.925. The standard InChI is InChI=1S/C17H27N3O/c1-13(2)20-10-9-19(11-14(20)3)12-16-5-7-17(8-6-16)18-15(4)21/h5-8,13-14H,9-12H2,1-4H3,(H,18,21)/t14-/m1/s1. The van der Waals surface area contributed by atoms with Gasteiger partial charge in [-0.2, -0.15) is 0 Å². The minimum atomic E-state index is -0.0265. The number of benzene rings is 1. The lowest BCUT2D eigenvalue weighted by molar-refractivity contribution is -0.114. The number of rotatable bonds is 4. The Morgan fingerprint density at radius 1 is 1.29 bits per heavy atom. The lowest BCUT2D eigenvalue weighted by Crippen LogP contribution is -2.53. The van der Waals surface area contributed by atoms with E-state index >= 15 is 0 Å². The Morgan fingerprint density at radius 3 is 2.48 bits per heavy atom. The molecular weight excluding hydrogens is 262 g/mol. The highest BCUT2D eigenvalue weighted by Gasteiger charge is 2.25. The minimum absolute atomic E-state index is 0.0265. The third-order valence-electron chi connectivity index (χ3n) is 4.11. The van der Waals surface area contributed by atoms with Crippen molar-refractivity contribution in [1.82, 2.24) is 9.80 Å². The Balaban J connectivity index is 1.89. The van der Waals surface area contributed by atoms with Crippen LogP contribution < -0.4 is 5.32 Å². The molecule has 1 saturated heterocycles. The summed E-state index contributed by atoms with van der Waals surface area (Å²) in [4.78, 5) is 16.1. The van der Waals surface area contributed by atoms with Crippen molar-refractivity contribution in [2.24, 2.45) is 0 Å². The molecule has 0 unspecified atom stereocenters. The molecule has 1 aromatic carbocycles. The highest BCUT2D eigenvalue weighted by atomic mass is 16.1. The van der Waals surface area contributed by atoms with Crippen molar-refractivity contribution >= 4 is 11.6 Å². The number of hydrogen-bond donors (Lipinski definition) is 1. The zero-order chi connectivity index (χ0) is 15.4. The third-order valence-corrected chi connectivity index (χ3v) is 4.11. The minimum Gasteiger partial charge on any atom is -0.326 e. The number of carbonyl (C=O) groups is 1. The molecule has 2 rings (SSSR count). The second kappa shape index (κ2) is 7.05. The first kappa shape index (κ1) is 16.0.